The summed E-state index contributed by atoms with van der Waals surface area (Å²) in [5, 5.41) is 7.54. The summed E-state index contributed by atoms with van der Waals surface area (Å²) >= 11 is 1.18. The Morgan fingerprint density at radius 1 is 1.39 bits per heavy atom. The van der Waals surface area contributed by atoms with Crippen molar-refractivity contribution in [2.24, 2.45) is 0 Å². The lowest BCUT2D eigenvalue weighted by atomic mass is 10.2. The molecule has 0 unspecified atom stereocenters. The number of aryl methyl sites for hydroxylation is 1. The van der Waals surface area contributed by atoms with E-state index in [9.17, 15) is 14.0 Å². The minimum Gasteiger partial charge on any atom is -0.347 e. The first-order valence-electron chi connectivity index (χ1n) is 8.97. The third kappa shape index (κ3) is 3.33. The van der Waals surface area contributed by atoms with E-state index >= 15 is 0 Å². The van der Waals surface area contributed by atoms with E-state index in [-0.39, 0.29) is 18.1 Å². The molecule has 9 nitrogen and oxygen atoms in total. The Kier molecular flexibility index (Phi) is 4.99. The van der Waals surface area contributed by atoms with Crippen LogP contribution in [0.25, 0.3) is 4.96 Å². The number of hydrogen-bond donors (Lipinski definition) is 1. The van der Waals surface area contributed by atoms with Crippen molar-refractivity contribution in [2.75, 3.05) is 11.4 Å². The van der Waals surface area contributed by atoms with Crippen molar-refractivity contribution in [1.29, 1.82) is 0 Å². The van der Waals surface area contributed by atoms with Gasteiger partial charge in [-0.25, -0.2) is 15.0 Å². The Morgan fingerprint density at radius 3 is 2.93 bits per heavy atom. The van der Waals surface area contributed by atoms with Gasteiger partial charge in [0.05, 0.1) is 12.2 Å². The molecule has 28 heavy (non-hydrogen) atoms. The van der Waals surface area contributed by atoms with Crippen LogP contribution in [0.2, 0.25) is 0 Å². The largest absolute Gasteiger partial charge is 0.347 e. The maximum Gasteiger partial charge on any atom is 0.311 e. The van der Waals surface area contributed by atoms with Crippen LogP contribution >= 0.6 is 11.3 Å². The lowest BCUT2D eigenvalue weighted by Crippen LogP contribution is -2.43. The number of nitrogens with one attached hydrogen (secondary N) is 1. The second kappa shape index (κ2) is 7.58. The number of anilines is 1. The molecule has 3 aromatic heterocycles. The van der Waals surface area contributed by atoms with E-state index < -0.39 is 17.4 Å². The van der Waals surface area contributed by atoms with Crippen LogP contribution in [0.4, 0.5) is 9.52 Å². The van der Waals surface area contributed by atoms with Crippen LogP contribution in [0, 0.1) is 5.82 Å². The number of rotatable bonds is 5. The molecule has 0 aliphatic carbocycles. The van der Waals surface area contributed by atoms with Crippen molar-refractivity contribution < 1.29 is 9.18 Å². The van der Waals surface area contributed by atoms with Gasteiger partial charge >= 0.3 is 5.56 Å². The summed E-state index contributed by atoms with van der Waals surface area (Å²) < 4.78 is 15.0. The maximum atomic E-state index is 14.1. The van der Waals surface area contributed by atoms with Crippen molar-refractivity contribution in [3.8, 4) is 0 Å². The van der Waals surface area contributed by atoms with Gasteiger partial charge in [-0.2, -0.15) is 8.91 Å². The third-order valence-corrected chi connectivity index (χ3v) is 5.53. The summed E-state index contributed by atoms with van der Waals surface area (Å²) in [6, 6.07) is 1.29. The molecule has 1 N–H and O–H groups in total. The van der Waals surface area contributed by atoms with E-state index in [0.29, 0.717) is 35.3 Å². The molecule has 1 fully saturated rings. The van der Waals surface area contributed by atoms with Crippen LogP contribution in [0.3, 0.4) is 0 Å². The van der Waals surface area contributed by atoms with Gasteiger partial charge in [0.1, 0.15) is 11.9 Å². The molecular weight excluding hydrogens is 385 g/mol. The van der Waals surface area contributed by atoms with Gasteiger partial charge in [0.25, 0.3) is 0 Å². The standard InChI is InChI=1S/C17H18FN7O2S/c1-2-10-13(18)15(27)25-16(22-10)28-17(23-25)24-8-3-5-11(24)14(26)21-9-12-19-6-4-7-20-12/h4,6-7,11H,2-3,5,8-9H2,1H3,(H,21,26)/t11-/m1/s1. The van der Waals surface area contributed by atoms with Crippen LogP contribution in [-0.2, 0) is 17.8 Å². The van der Waals surface area contributed by atoms with Gasteiger partial charge in [-0.1, -0.05) is 18.3 Å². The van der Waals surface area contributed by atoms with Gasteiger partial charge in [-0.05, 0) is 25.3 Å². The molecule has 4 heterocycles. The summed E-state index contributed by atoms with van der Waals surface area (Å²) in [7, 11) is 0. The Morgan fingerprint density at radius 2 is 2.18 bits per heavy atom. The molecule has 1 aliphatic rings. The van der Waals surface area contributed by atoms with Crippen LogP contribution in [-0.4, -0.2) is 43.1 Å². The van der Waals surface area contributed by atoms with Gasteiger partial charge in [0, 0.05) is 18.9 Å². The fourth-order valence-electron chi connectivity index (χ4n) is 3.18. The number of hydrogen-bond acceptors (Lipinski definition) is 8. The van der Waals surface area contributed by atoms with Crippen molar-refractivity contribution in [3.05, 3.63) is 46.1 Å². The highest BCUT2D eigenvalue weighted by atomic mass is 32.1. The maximum absolute atomic E-state index is 14.1. The second-order valence-corrected chi connectivity index (χ2v) is 7.28. The zero-order valence-corrected chi connectivity index (χ0v) is 15.9. The first-order valence-corrected chi connectivity index (χ1v) is 9.78. The molecule has 1 aliphatic heterocycles. The molecule has 1 amide bonds. The summed E-state index contributed by atoms with van der Waals surface area (Å²) in [6.45, 7) is 2.59. The zero-order chi connectivity index (χ0) is 19.7. The molecule has 0 spiro atoms. The van der Waals surface area contributed by atoms with E-state index in [1.54, 1.807) is 25.4 Å². The molecular formula is C17H18FN7O2S. The lowest BCUT2D eigenvalue weighted by molar-refractivity contribution is -0.122. The average Bonchev–Trinajstić information content (AvgIpc) is 3.36. The van der Waals surface area contributed by atoms with Crippen LogP contribution in [0.15, 0.2) is 23.3 Å². The van der Waals surface area contributed by atoms with Gasteiger partial charge in [0.2, 0.25) is 21.8 Å². The van der Waals surface area contributed by atoms with Gasteiger partial charge in [-0.15, -0.1) is 5.10 Å². The van der Waals surface area contributed by atoms with E-state index in [2.05, 4.69) is 25.4 Å². The molecule has 0 bridgehead atoms. The predicted molar refractivity (Wildman–Crippen MR) is 101 cm³/mol. The Labute approximate surface area is 163 Å². The van der Waals surface area contributed by atoms with E-state index in [1.807, 2.05) is 4.90 Å². The van der Waals surface area contributed by atoms with Gasteiger partial charge in [-0.3, -0.25) is 9.59 Å². The first kappa shape index (κ1) is 18.4. The summed E-state index contributed by atoms with van der Waals surface area (Å²) in [5.74, 6) is -0.515. The van der Waals surface area contributed by atoms with Crippen LogP contribution < -0.4 is 15.8 Å². The Hall–Kier alpha value is -2.95. The first-order chi connectivity index (χ1) is 13.6. The molecule has 0 saturated carbocycles. The molecule has 4 rings (SSSR count). The summed E-state index contributed by atoms with van der Waals surface area (Å²) in [6.07, 6.45) is 5.03. The number of carbonyl (C=O) groups is 1. The molecule has 1 saturated heterocycles. The molecule has 0 radical (unpaired) electrons. The van der Waals surface area contributed by atoms with Gasteiger partial charge in [0.15, 0.2) is 0 Å². The minimum absolute atomic E-state index is 0.124. The van der Waals surface area contributed by atoms with Crippen molar-refractivity contribution in [2.45, 2.75) is 38.8 Å². The van der Waals surface area contributed by atoms with E-state index in [4.69, 9.17) is 0 Å². The van der Waals surface area contributed by atoms with E-state index in [1.165, 1.54) is 11.3 Å². The highest BCUT2D eigenvalue weighted by Gasteiger charge is 2.33. The zero-order valence-electron chi connectivity index (χ0n) is 15.1. The fourth-order valence-corrected chi connectivity index (χ4v) is 4.17. The normalized spacial score (nSPS) is 16.6. The molecule has 1 atom stereocenters. The number of aromatic nitrogens is 5. The quantitative estimate of drug-likeness (QED) is 0.675. The second-order valence-electron chi connectivity index (χ2n) is 6.34. The Bertz CT molecular complexity index is 1070. The third-order valence-electron chi connectivity index (χ3n) is 4.59. The topological polar surface area (TPSA) is 105 Å². The highest BCUT2D eigenvalue weighted by molar-refractivity contribution is 7.20. The molecule has 3 aromatic rings. The van der Waals surface area contributed by atoms with Crippen molar-refractivity contribution in [3.63, 3.8) is 0 Å². The number of halogens is 1. The molecule has 0 aromatic carbocycles. The summed E-state index contributed by atoms with van der Waals surface area (Å²) in [5.41, 5.74) is -0.690. The highest BCUT2D eigenvalue weighted by Crippen LogP contribution is 2.29. The summed E-state index contributed by atoms with van der Waals surface area (Å²) in [4.78, 5) is 39.4. The Balaban J connectivity index is 1.57. The molecule has 11 heteroatoms. The minimum atomic E-state index is -0.879. The number of carbonyl (C=O) groups excluding carboxylic acids is 1. The van der Waals surface area contributed by atoms with Crippen LogP contribution in [0.5, 0.6) is 0 Å². The smallest absolute Gasteiger partial charge is 0.311 e. The number of amides is 1. The SMILES string of the molecule is CCc1nc2sc(N3CCC[C@@H]3C(=O)NCc3ncccn3)nn2c(=O)c1F. The van der Waals surface area contributed by atoms with Crippen molar-refractivity contribution in [1.82, 2.24) is 29.9 Å². The number of nitrogens with zero attached hydrogens (tertiary/aromatic N) is 6. The monoisotopic (exact) mass is 403 g/mol. The molecule has 146 valence electrons. The number of fused-ring (bicyclic) bond motifs is 1. The van der Waals surface area contributed by atoms with E-state index in [0.717, 1.165) is 10.9 Å². The fraction of sp³-hybridized carbons (Fsp3) is 0.412. The lowest BCUT2D eigenvalue weighted by Gasteiger charge is -2.22. The van der Waals surface area contributed by atoms with Gasteiger partial charge < -0.3 is 10.2 Å². The predicted octanol–water partition coefficient (Wildman–Crippen LogP) is 0.928. The van der Waals surface area contributed by atoms with Crippen molar-refractivity contribution >= 4 is 27.3 Å². The van der Waals surface area contributed by atoms with Crippen LogP contribution in [0.1, 0.15) is 31.3 Å². The average molecular weight is 403 g/mol.